The van der Waals surface area contributed by atoms with Crippen molar-refractivity contribution in [3.63, 3.8) is 0 Å². The molecule has 0 aliphatic carbocycles. The Labute approximate surface area is 51.4 Å². The number of hydrogen-bond donors (Lipinski definition) is 1. The normalized spacial score (nSPS) is 8.50. The third-order valence-corrected chi connectivity index (χ3v) is 0.972. The van der Waals surface area contributed by atoms with E-state index in [9.17, 15) is 0 Å². The number of hydrogen-bond acceptors (Lipinski definition) is 4. The average Bonchev–Trinajstić information content (AvgIpc) is 2.14. The molecule has 1 aromatic heterocycles. The molecular formula is C4H2N2OS. The van der Waals surface area contributed by atoms with Crippen molar-refractivity contribution in [2.45, 2.75) is 5.09 Å². The molecular weight excluding hydrogens is 124 g/mol. The monoisotopic (exact) mass is 126 g/mol. The number of thiol groups is 1. The van der Waals surface area contributed by atoms with Crippen LogP contribution in [0.1, 0.15) is 5.69 Å². The van der Waals surface area contributed by atoms with Gasteiger partial charge in [0.2, 0.25) is 0 Å². The van der Waals surface area contributed by atoms with Gasteiger partial charge in [-0.1, -0.05) is 0 Å². The second kappa shape index (κ2) is 1.88. The molecule has 0 aromatic carbocycles. The van der Waals surface area contributed by atoms with Gasteiger partial charge in [-0.3, -0.25) is 0 Å². The largest absolute Gasteiger partial charge is 0.436 e. The van der Waals surface area contributed by atoms with Gasteiger partial charge in [-0.05, 0) is 0 Å². The maximum atomic E-state index is 8.19. The van der Waals surface area contributed by atoms with Gasteiger partial charge in [0.1, 0.15) is 6.07 Å². The zero-order valence-electron chi connectivity index (χ0n) is 3.83. The number of nitriles is 1. The van der Waals surface area contributed by atoms with Crippen molar-refractivity contribution >= 4 is 12.6 Å². The molecule has 1 heterocycles. The Morgan fingerprint density at radius 1 is 1.88 bits per heavy atom. The third-order valence-electron chi connectivity index (χ3n) is 0.655. The van der Waals surface area contributed by atoms with E-state index in [0.717, 1.165) is 0 Å². The van der Waals surface area contributed by atoms with Crippen molar-refractivity contribution in [2.75, 3.05) is 0 Å². The van der Waals surface area contributed by atoms with Crippen LogP contribution in [0.25, 0.3) is 0 Å². The first-order valence-electron chi connectivity index (χ1n) is 1.87. The van der Waals surface area contributed by atoms with E-state index >= 15 is 0 Å². The van der Waals surface area contributed by atoms with Crippen LogP contribution in [0.3, 0.4) is 0 Å². The molecule has 1 rings (SSSR count). The fraction of sp³-hybridized carbons (Fsp3) is 0. The third kappa shape index (κ3) is 0.678. The minimum absolute atomic E-state index is 0.230. The van der Waals surface area contributed by atoms with Crippen molar-refractivity contribution in [3.05, 3.63) is 12.1 Å². The Morgan fingerprint density at radius 2 is 2.62 bits per heavy atom. The highest BCUT2D eigenvalue weighted by molar-refractivity contribution is 7.80. The van der Waals surface area contributed by atoms with Crippen molar-refractivity contribution in [3.8, 4) is 6.07 Å². The van der Waals surface area contributed by atoms with Gasteiger partial charge in [-0.25, -0.2) is 4.98 Å². The highest BCUT2D eigenvalue weighted by Gasteiger charge is 1.98. The first-order chi connectivity index (χ1) is 3.84. The minimum atomic E-state index is 0.230. The van der Waals surface area contributed by atoms with E-state index in [-0.39, 0.29) is 10.8 Å². The van der Waals surface area contributed by atoms with Gasteiger partial charge >= 0.3 is 0 Å². The van der Waals surface area contributed by atoms with Crippen LogP contribution < -0.4 is 0 Å². The van der Waals surface area contributed by atoms with Crippen LogP contribution in [-0.4, -0.2) is 4.98 Å². The summed E-state index contributed by atoms with van der Waals surface area (Å²) in [6.45, 7) is 0. The van der Waals surface area contributed by atoms with Gasteiger partial charge in [0, 0.05) is 0 Å². The van der Waals surface area contributed by atoms with Gasteiger partial charge in [0.05, 0.1) is 0 Å². The van der Waals surface area contributed by atoms with Crippen LogP contribution >= 0.6 is 12.6 Å². The van der Waals surface area contributed by atoms with Gasteiger partial charge in [0.15, 0.2) is 17.2 Å². The van der Waals surface area contributed by atoms with Gasteiger partial charge < -0.3 is 4.42 Å². The quantitative estimate of drug-likeness (QED) is 0.524. The highest BCUT2D eigenvalue weighted by Crippen LogP contribution is 2.08. The summed E-state index contributed by atoms with van der Waals surface area (Å²) in [7, 11) is 0. The van der Waals surface area contributed by atoms with Crippen LogP contribution in [0, 0.1) is 11.3 Å². The predicted octanol–water partition coefficient (Wildman–Crippen LogP) is 0.835. The summed E-state index contributed by atoms with van der Waals surface area (Å²) >= 11 is 3.78. The molecule has 0 saturated heterocycles. The van der Waals surface area contributed by atoms with Gasteiger partial charge in [0.25, 0.3) is 0 Å². The summed E-state index contributed by atoms with van der Waals surface area (Å²) in [4.78, 5) is 3.53. The molecule has 0 unspecified atom stereocenters. The lowest BCUT2D eigenvalue weighted by Crippen LogP contribution is -1.69. The van der Waals surface area contributed by atoms with Crippen LogP contribution in [0.2, 0.25) is 0 Å². The fourth-order valence-corrected chi connectivity index (χ4v) is 0.472. The molecule has 0 bridgehead atoms. The van der Waals surface area contributed by atoms with E-state index in [0.29, 0.717) is 0 Å². The molecule has 0 saturated carbocycles. The summed E-state index contributed by atoms with van der Waals surface area (Å²) in [6.07, 6.45) is 1.18. The summed E-state index contributed by atoms with van der Waals surface area (Å²) in [5, 5.41) is 8.46. The summed E-state index contributed by atoms with van der Waals surface area (Å²) < 4.78 is 4.59. The van der Waals surface area contributed by atoms with E-state index < -0.39 is 0 Å². The SMILES string of the molecule is N#Cc1ncoc1S. The van der Waals surface area contributed by atoms with E-state index in [1.54, 1.807) is 6.07 Å². The molecule has 4 heteroatoms. The molecule has 1 aromatic rings. The van der Waals surface area contributed by atoms with Gasteiger partial charge in [-0.2, -0.15) is 5.26 Å². The van der Waals surface area contributed by atoms with Crippen LogP contribution in [0.5, 0.6) is 0 Å². The number of aromatic nitrogens is 1. The Balaban J connectivity index is 3.15. The molecule has 3 nitrogen and oxygen atoms in total. The Bertz CT molecular complexity index is 224. The lowest BCUT2D eigenvalue weighted by atomic mass is 10.6. The maximum Gasteiger partial charge on any atom is 0.195 e. The second-order valence-electron chi connectivity index (χ2n) is 1.12. The molecule has 40 valence electrons. The van der Waals surface area contributed by atoms with Crippen molar-refractivity contribution in [2.24, 2.45) is 0 Å². The van der Waals surface area contributed by atoms with Crippen LogP contribution in [0.15, 0.2) is 15.9 Å². The van der Waals surface area contributed by atoms with Crippen molar-refractivity contribution in [1.82, 2.24) is 4.98 Å². The molecule has 8 heavy (non-hydrogen) atoms. The molecule has 0 aliphatic heterocycles. The smallest absolute Gasteiger partial charge is 0.195 e. The Morgan fingerprint density at radius 3 is 2.88 bits per heavy atom. The van der Waals surface area contributed by atoms with Crippen molar-refractivity contribution in [1.29, 1.82) is 5.26 Å². The first kappa shape index (κ1) is 5.19. The molecule has 0 spiro atoms. The van der Waals surface area contributed by atoms with Gasteiger partial charge in [-0.15, -0.1) is 12.6 Å². The van der Waals surface area contributed by atoms with Crippen LogP contribution in [-0.2, 0) is 0 Å². The molecule has 0 fully saturated rings. The van der Waals surface area contributed by atoms with E-state index in [2.05, 4.69) is 22.0 Å². The topological polar surface area (TPSA) is 49.8 Å². The molecule has 0 N–H and O–H groups in total. The highest BCUT2D eigenvalue weighted by atomic mass is 32.1. The number of oxazole rings is 1. The van der Waals surface area contributed by atoms with Crippen molar-refractivity contribution < 1.29 is 4.42 Å². The Kier molecular flexibility index (Phi) is 1.22. The first-order valence-corrected chi connectivity index (χ1v) is 2.32. The van der Waals surface area contributed by atoms with E-state index in [4.69, 9.17) is 5.26 Å². The summed E-state index contributed by atoms with van der Waals surface area (Å²) in [6, 6.07) is 1.79. The molecule has 0 atom stereocenters. The standard InChI is InChI=1S/C4H2N2OS/c5-1-3-4(8)7-2-6-3/h2,8H. The summed E-state index contributed by atoms with van der Waals surface area (Å²) in [5.41, 5.74) is 0.230. The average molecular weight is 126 g/mol. The van der Waals surface area contributed by atoms with Crippen LogP contribution in [0.4, 0.5) is 0 Å². The van der Waals surface area contributed by atoms with E-state index in [1.165, 1.54) is 6.39 Å². The lowest BCUT2D eigenvalue weighted by Gasteiger charge is -1.72. The molecule has 0 radical (unpaired) electrons. The number of rotatable bonds is 0. The van der Waals surface area contributed by atoms with E-state index in [1.807, 2.05) is 0 Å². The Hall–Kier alpha value is -0.950. The zero-order valence-corrected chi connectivity index (χ0v) is 4.72. The molecule has 0 amide bonds. The predicted molar refractivity (Wildman–Crippen MR) is 28.5 cm³/mol. The number of nitrogens with zero attached hydrogens (tertiary/aromatic N) is 2. The molecule has 0 aliphatic rings. The maximum absolute atomic E-state index is 8.19. The second-order valence-corrected chi connectivity index (χ2v) is 1.52. The zero-order chi connectivity index (χ0) is 5.98. The lowest BCUT2D eigenvalue weighted by molar-refractivity contribution is 0.470. The summed E-state index contributed by atoms with van der Waals surface area (Å²) in [5.74, 6) is 0. The minimum Gasteiger partial charge on any atom is -0.436 e. The fourth-order valence-electron chi connectivity index (χ4n) is 0.317.